The fourth-order valence-electron chi connectivity index (χ4n) is 3.34. The number of hydrogen-bond acceptors (Lipinski definition) is 3. The van der Waals surface area contributed by atoms with E-state index < -0.39 is 22.8 Å². The van der Waals surface area contributed by atoms with E-state index >= 15 is 0 Å². The number of nitrogens with one attached hydrogen (secondary N) is 5. The fraction of sp³-hybridized carbons (Fsp3) is 0.136. The van der Waals surface area contributed by atoms with Gasteiger partial charge in [-0.3, -0.25) is 15.0 Å². The molecule has 0 atom stereocenters. The largest absolute Gasteiger partial charge is 0.417 e. The van der Waals surface area contributed by atoms with E-state index in [0.29, 0.717) is 29.1 Å². The number of aromatic amines is 1. The Bertz CT molecular complexity index is 1380. The van der Waals surface area contributed by atoms with Crippen LogP contribution in [0.25, 0.3) is 16.7 Å². The van der Waals surface area contributed by atoms with Crippen LogP contribution in [0.3, 0.4) is 0 Å². The summed E-state index contributed by atoms with van der Waals surface area (Å²) in [5.74, 6) is 0.454. The van der Waals surface area contributed by atoms with E-state index in [1.807, 2.05) is 6.92 Å². The number of anilines is 3. The number of carbonyl (C=O) groups is 2. The molecule has 4 rings (SSSR count). The first kappa shape index (κ1) is 24.0. The summed E-state index contributed by atoms with van der Waals surface area (Å²) in [4.78, 5) is 24.0. The van der Waals surface area contributed by atoms with Crippen molar-refractivity contribution >= 4 is 51.9 Å². The number of fused-ring (bicyclic) bond motifs is 1. The van der Waals surface area contributed by atoms with Crippen LogP contribution in [-0.2, 0) is 6.18 Å². The van der Waals surface area contributed by atoms with E-state index in [9.17, 15) is 22.8 Å². The maximum Gasteiger partial charge on any atom is 0.417 e. The summed E-state index contributed by atoms with van der Waals surface area (Å²) in [6.07, 6.45) is -2.86. The van der Waals surface area contributed by atoms with Gasteiger partial charge in [-0.05, 0) is 55.5 Å². The van der Waals surface area contributed by atoms with Crippen LogP contribution in [0, 0.1) is 0 Å². The van der Waals surface area contributed by atoms with Gasteiger partial charge in [0.25, 0.3) is 0 Å². The van der Waals surface area contributed by atoms with Gasteiger partial charge >= 0.3 is 18.2 Å². The van der Waals surface area contributed by atoms with Crippen LogP contribution in [0.4, 0.5) is 40.0 Å². The fourth-order valence-corrected chi connectivity index (χ4v) is 3.57. The van der Waals surface area contributed by atoms with Crippen molar-refractivity contribution in [1.82, 2.24) is 20.1 Å². The Kier molecular flexibility index (Phi) is 6.56. The lowest BCUT2D eigenvalue weighted by Crippen LogP contribution is -2.28. The van der Waals surface area contributed by atoms with Crippen molar-refractivity contribution in [2.24, 2.45) is 0 Å². The maximum atomic E-state index is 13.0. The lowest BCUT2D eigenvalue weighted by Gasteiger charge is -2.12. The zero-order chi connectivity index (χ0) is 25.2. The first-order valence-corrected chi connectivity index (χ1v) is 10.7. The number of hydrogen-bond donors (Lipinski definition) is 5. The first-order chi connectivity index (χ1) is 16.7. The minimum atomic E-state index is -4.64. The van der Waals surface area contributed by atoms with Gasteiger partial charge in [-0.2, -0.15) is 18.3 Å². The summed E-state index contributed by atoms with van der Waals surface area (Å²) in [5, 5.41) is 17.5. The molecule has 2 aromatic carbocycles. The molecule has 4 amide bonds. The molecule has 0 aliphatic heterocycles. The molecule has 0 bridgehead atoms. The molecule has 9 nitrogen and oxygen atoms in total. The monoisotopic (exact) mass is 505 g/mol. The Morgan fingerprint density at radius 1 is 1.00 bits per heavy atom. The zero-order valence-corrected chi connectivity index (χ0v) is 18.9. The summed E-state index contributed by atoms with van der Waals surface area (Å²) in [6, 6.07) is 10.5. The zero-order valence-electron chi connectivity index (χ0n) is 18.1. The minimum absolute atomic E-state index is 0.0545. The predicted molar refractivity (Wildman–Crippen MR) is 127 cm³/mol. The standard InChI is InChI=1S/C22H19ClF3N7O2/c1-2-27-20(34)30-18-15-9-10-33(19(15)32-31-18)14-6-3-12(4-7-14)28-21(35)29-13-5-8-17(23)16(11-13)22(24,25)26/h3-11H,2H2,1H3,(H2,28,29,35)(H3,27,30,31,32,34). The molecule has 0 unspecified atom stereocenters. The highest BCUT2D eigenvalue weighted by molar-refractivity contribution is 6.31. The molecule has 0 spiro atoms. The molecule has 0 aliphatic rings. The molecule has 13 heteroatoms. The van der Waals surface area contributed by atoms with Crippen molar-refractivity contribution in [2.75, 3.05) is 22.5 Å². The van der Waals surface area contributed by atoms with Crippen LogP contribution in [0.1, 0.15) is 12.5 Å². The van der Waals surface area contributed by atoms with Gasteiger partial charge in [-0.25, -0.2) is 9.59 Å². The Morgan fingerprint density at radius 3 is 2.37 bits per heavy atom. The summed E-state index contributed by atoms with van der Waals surface area (Å²) in [7, 11) is 0. The molecule has 0 radical (unpaired) electrons. The van der Waals surface area contributed by atoms with Crippen molar-refractivity contribution in [1.29, 1.82) is 0 Å². The van der Waals surface area contributed by atoms with Crippen LogP contribution in [-0.4, -0.2) is 33.4 Å². The highest BCUT2D eigenvalue weighted by Gasteiger charge is 2.33. The molecule has 182 valence electrons. The molecule has 5 N–H and O–H groups in total. The number of amides is 4. The second kappa shape index (κ2) is 9.58. The van der Waals surface area contributed by atoms with E-state index in [1.54, 1.807) is 41.1 Å². The van der Waals surface area contributed by atoms with Crippen molar-refractivity contribution in [3.8, 4) is 5.69 Å². The van der Waals surface area contributed by atoms with Gasteiger partial charge in [0.2, 0.25) is 0 Å². The number of nitrogens with zero attached hydrogens (tertiary/aromatic N) is 2. The Labute approximate surface area is 201 Å². The third-order valence-electron chi connectivity index (χ3n) is 4.91. The number of urea groups is 2. The van der Waals surface area contributed by atoms with E-state index in [4.69, 9.17) is 11.6 Å². The van der Waals surface area contributed by atoms with E-state index in [1.165, 1.54) is 6.07 Å². The van der Waals surface area contributed by atoms with E-state index in [2.05, 4.69) is 31.5 Å². The minimum Gasteiger partial charge on any atom is -0.338 e. The molecule has 0 saturated carbocycles. The number of aromatic nitrogens is 3. The Balaban J connectivity index is 1.44. The quantitative estimate of drug-likeness (QED) is 0.235. The van der Waals surface area contributed by atoms with Crippen molar-refractivity contribution in [3.63, 3.8) is 0 Å². The number of carbonyl (C=O) groups excluding carboxylic acids is 2. The Hall–Kier alpha value is -4.19. The van der Waals surface area contributed by atoms with Gasteiger partial charge in [-0.1, -0.05) is 11.6 Å². The smallest absolute Gasteiger partial charge is 0.338 e. The lowest BCUT2D eigenvalue weighted by molar-refractivity contribution is -0.137. The number of rotatable bonds is 5. The normalized spacial score (nSPS) is 11.3. The Morgan fingerprint density at radius 2 is 1.69 bits per heavy atom. The number of benzene rings is 2. The molecular formula is C22H19ClF3N7O2. The molecule has 0 aliphatic carbocycles. The topological polar surface area (TPSA) is 116 Å². The number of alkyl halides is 3. The van der Waals surface area contributed by atoms with Gasteiger partial charge in [0.05, 0.1) is 16.0 Å². The van der Waals surface area contributed by atoms with Crippen molar-refractivity contribution in [2.45, 2.75) is 13.1 Å². The lowest BCUT2D eigenvalue weighted by atomic mass is 10.2. The van der Waals surface area contributed by atoms with Crippen LogP contribution in [0.5, 0.6) is 0 Å². The van der Waals surface area contributed by atoms with Crippen LogP contribution < -0.4 is 21.3 Å². The summed E-state index contributed by atoms with van der Waals surface area (Å²) < 4.78 is 40.8. The van der Waals surface area contributed by atoms with Crippen LogP contribution in [0.15, 0.2) is 54.7 Å². The molecule has 4 aromatic rings. The van der Waals surface area contributed by atoms with Gasteiger partial charge in [0.15, 0.2) is 5.65 Å². The molecule has 0 saturated heterocycles. The molecule has 0 fully saturated rings. The summed E-state index contributed by atoms with van der Waals surface area (Å²) in [5.41, 5.74) is 0.636. The highest BCUT2D eigenvalue weighted by atomic mass is 35.5. The van der Waals surface area contributed by atoms with Crippen molar-refractivity contribution < 1.29 is 22.8 Å². The predicted octanol–water partition coefficient (Wildman–Crippen LogP) is 5.81. The average molecular weight is 506 g/mol. The third-order valence-corrected chi connectivity index (χ3v) is 5.24. The summed E-state index contributed by atoms with van der Waals surface area (Å²) in [6.45, 7) is 2.29. The highest BCUT2D eigenvalue weighted by Crippen LogP contribution is 2.36. The number of halogens is 4. The van der Waals surface area contributed by atoms with Crippen LogP contribution in [0.2, 0.25) is 5.02 Å². The molecule has 35 heavy (non-hydrogen) atoms. The molecule has 2 aromatic heterocycles. The van der Waals surface area contributed by atoms with Gasteiger partial charge < -0.3 is 16.0 Å². The maximum absolute atomic E-state index is 13.0. The average Bonchev–Trinajstić information content (AvgIpc) is 3.38. The van der Waals surface area contributed by atoms with Gasteiger partial charge in [0.1, 0.15) is 5.82 Å². The first-order valence-electron chi connectivity index (χ1n) is 10.3. The van der Waals surface area contributed by atoms with Crippen molar-refractivity contribution in [3.05, 3.63) is 65.3 Å². The molecule has 2 heterocycles. The second-order valence-electron chi connectivity index (χ2n) is 7.32. The van der Waals surface area contributed by atoms with Gasteiger partial charge in [-0.15, -0.1) is 0 Å². The van der Waals surface area contributed by atoms with E-state index in [0.717, 1.165) is 17.8 Å². The van der Waals surface area contributed by atoms with E-state index in [-0.39, 0.29) is 11.7 Å². The van der Waals surface area contributed by atoms with Crippen LogP contribution >= 0.6 is 11.6 Å². The SMILES string of the molecule is CCNC(=O)Nc1[nH]nc2c1ccn2-c1ccc(NC(=O)Nc2ccc(Cl)c(C(F)(F)F)c2)cc1. The third kappa shape index (κ3) is 5.32. The second-order valence-corrected chi connectivity index (χ2v) is 7.73. The molecular weight excluding hydrogens is 487 g/mol. The summed E-state index contributed by atoms with van der Waals surface area (Å²) >= 11 is 5.60. The number of H-pyrrole nitrogens is 1. The van der Waals surface area contributed by atoms with Gasteiger partial charge in [0, 0.05) is 29.8 Å².